The Morgan fingerprint density at radius 3 is 1.67 bits per heavy atom. The van der Waals surface area contributed by atoms with Gasteiger partial charge in [0, 0.05) is 27.1 Å². The van der Waals surface area contributed by atoms with Crippen molar-refractivity contribution in [1.82, 2.24) is 9.80 Å². The largest absolute Gasteiger partial charge is 0.345 e. The molecule has 0 aromatic rings. The minimum atomic E-state index is 0.134. The molecule has 0 unspecified atom stereocenters. The molecule has 0 aliphatic heterocycles. The molecular formula is C12H30N2O. The van der Waals surface area contributed by atoms with E-state index in [1.54, 1.807) is 11.8 Å². The molecule has 3 nitrogen and oxygen atoms in total. The first-order valence-corrected chi connectivity index (χ1v) is 5.98. The third-order valence-corrected chi connectivity index (χ3v) is 1.89. The number of carbonyl (C=O) groups excluding carboxylic acids is 1. The highest BCUT2D eigenvalue weighted by Gasteiger charge is 2.01. The third-order valence-electron chi connectivity index (χ3n) is 1.89. The second-order valence-corrected chi connectivity index (χ2v) is 2.84. The van der Waals surface area contributed by atoms with Crippen LogP contribution in [-0.4, -0.2) is 49.4 Å². The van der Waals surface area contributed by atoms with Crippen molar-refractivity contribution in [2.24, 2.45) is 0 Å². The van der Waals surface area contributed by atoms with Gasteiger partial charge in [0.05, 0.1) is 0 Å². The lowest BCUT2D eigenvalue weighted by molar-refractivity contribution is -0.127. The van der Waals surface area contributed by atoms with Crippen LogP contribution in [0.3, 0.4) is 0 Å². The van der Waals surface area contributed by atoms with E-state index in [-0.39, 0.29) is 5.91 Å². The molecule has 0 N–H and O–H groups in total. The van der Waals surface area contributed by atoms with Gasteiger partial charge < -0.3 is 9.80 Å². The summed E-state index contributed by atoms with van der Waals surface area (Å²) >= 11 is 0. The normalized spacial score (nSPS) is 8.33. The molecule has 0 aromatic heterocycles. The summed E-state index contributed by atoms with van der Waals surface area (Å²) in [7, 11) is 3.87. The summed E-state index contributed by atoms with van der Waals surface area (Å²) in [5.41, 5.74) is 0. The van der Waals surface area contributed by atoms with Crippen LogP contribution in [-0.2, 0) is 4.79 Å². The minimum absolute atomic E-state index is 0.134. The van der Waals surface area contributed by atoms with Crippen molar-refractivity contribution in [2.45, 2.75) is 41.5 Å². The smallest absolute Gasteiger partial charge is 0.219 e. The van der Waals surface area contributed by atoms with E-state index in [4.69, 9.17) is 0 Å². The summed E-state index contributed by atoms with van der Waals surface area (Å²) in [5, 5.41) is 0. The second-order valence-electron chi connectivity index (χ2n) is 2.84. The van der Waals surface area contributed by atoms with Gasteiger partial charge in [0.15, 0.2) is 0 Å². The Bertz CT molecular complexity index is 127. The van der Waals surface area contributed by atoms with Crippen molar-refractivity contribution in [3.8, 4) is 0 Å². The number of hydrogen-bond acceptors (Lipinski definition) is 2. The van der Waals surface area contributed by atoms with E-state index in [1.165, 1.54) is 0 Å². The summed E-state index contributed by atoms with van der Waals surface area (Å²) in [6, 6.07) is 0. The van der Waals surface area contributed by atoms with Crippen molar-refractivity contribution in [1.29, 1.82) is 0 Å². The van der Waals surface area contributed by atoms with Crippen LogP contribution in [0.1, 0.15) is 41.5 Å². The number of nitrogens with zero attached hydrogens (tertiary/aromatic N) is 2. The lowest BCUT2D eigenvalue weighted by atomic mass is 10.4. The van der Waals surface area contributed by atoms with Crippen LogP contribution >= 0.6 is 0 Å². The maximum atomic E-state index is 10.8. The predicted octanol–water partition coefficient (Wildman–Crippen LogP) is 2.47. The van der Waals surface area contributed by atoms with Gasteiger partial charge in [0.1, 0.15) is 0 Å². The van der Waals surface area contributed by atoms with Gasteiger partial charge in [0.25, 0.3) is 0 Å². The van der Waals surface area contributed by atoms with Gasteiger partial charge in [-0.2, -0.15) is 0 Å². The summed E-state index contributed by atoms with van der Waals surface area (Å²) in [6.07, 6.45) is 0. The van der Waals surface area contributed by atoms with Gasteiger partial charge in [-0.05, 0) is 13.6 Å². The maximum Gasteiger partial charge on any atom is 0.219 e. The van der Waals surface area contributed by atoms with Crippen LogP contribution in [0.15, 0.2) is 0 Å². The zero-order valence-electron chi connectivity index (χ0n) is 11.9. The van der Waals surface area contributed by atoms with Gasteiger partial charge in [-0.1, -0.05) is 34.6 Å². The van der Waals surface area contributed by atoms with Gasteiger partial charge in [-0.15, -0.1) is 0 Å². The highest BCUT2D eigenvalue weighted by molar-refractivity contribution is 5.72. The average Bonchev–Trinajstić information content (AvgIpc) is 2.30. The molecule has 0 fully saturated rings. The Hall–Kier alpha value is -0.570. The molecule has 0 radical (unpaired) electrons. The van der Waals surface area contributed by atoms with Crippen molar-refractivity contribution in [3.05, 3.63) is 0 Å². The highest BCUT2D eigenvalue weighted by Crippen LogP contribution is 1.86. The Kier molecular flexibility index (Phi) is 21.1. The third kappa shape index (κ3) is 16.1. The average molecular weight is 218 g/mol. The van der Waals surface area contributed by atoms with Crippen LogP contribution in [0.2, 0.25) is 0 Å². The molecule has 0 atom stereocenters. The fourth-order valence-electron chi connectivity index (χ4n) is 0.636. The van der Waals surface area contributed by atoms with Crippen molar-refractivity contribution < 1.29 is 4.79 Å². The molecule has 3 heteroatoms. The lowest BCUT2D eigenvalue weighted by Gasteiger charge is -2.19. The molecule has 0 aliphatic rings. The van der Waals surface area contributed by atoms with Crippen molar-refractivity contribution in [2.75, 3.05) is 33.7 Å². The van der Waals surface area contributed by atoms with Gasteiger partial charge in [0.2, 0.25) is 5.91 Å². The fourth-order valence-corrected chi connectivity index (χ4v) is 0.636. The molecule has 0 aromatic carbocycles. The number of hydrogen-bond donors (Lipinski definition) is 0. The molecule has 0 saturated carbocycles. The van der Waals surface area contributed by atoms with Crippen LogP contribution < -0.4 is 0 Å². The van der Waals surface area contributed by atoms with Crippen LogP contribution in [0.4, 0.5) is 0 Å². The Morgan fingerprint density at radius 2 is 1.40 bits per heavy atom. The Labute approximate surface area is 96.4 Å². The van der Waals surface area contributed by atoms with Gasteiger partial charge >= 0.3 is 0 Å². The molecule has 0 rings (SSSR count). The quantitative estimate of drug-likeness (QED) is 0.724. The monoisotopic (exact) mass is 218 g/mol. The lowest BCUT2D eigenvalue weighted by Crippen LogP contribution is -2.33. The summed E-state index contributed by atoms with van der Waals surface area (Å²) in [4.78, 5) is 14.7. The van der Waals surface area contributed by atoms with Gasteiger partial charge in [-0.3, -0.25) is 4.79 Å². The number of likely N-dealkylation sites (N-methyl/N-ethyl adjacent to an activating group) is 2. The zero-order valence-corrected chi connectivity index (χ0v) is 11.9. The molecule has 1 amide bonds. The number of rotatable bonds is 4. The molecule has 15 heavy (non-hydrogen) atoms. The van der Waals surface area contributed by atoms with Crippen LogP contribution in [0.25, 0.3) is 0 Å². The van der Waals surface area contributed by atoms with E-state index in [0.29, 0.717) is 0 Å². The number of amides is 1. The van der Waals surface area contributed by atoms with E-state index >= 15 is 0 Å². The minimum Gasteiger partial charge on any atom is -0.345 e. The molecule has 0 spiro atoms. The zero-order chi connectivity index (χ0) is 12.9. The van der Waals surface area contributed by atoms with E-state index in [1.807, 2.05) is 41.8 Å². The first-order valence-electron chi connectivity index (χ1n) is 5.98. The summed E-state index contributed by atoms with van der Waals surface area (Å²) in [5.74, 6) is 0.134. The standard InChI is InChI=1S/C8H18N2O.2C2H6/c1-5-9(3)6-7-10(4)8(2)11;2*1-2/h5-7H2,1-4H3;2*1-2H3. The molecule has 0 heterocycles. The summed E-state index contributed by atoms with van der Waals surface area (Å²) < 4.78 is 0. The van der Waals surface area contributed by atoms with E-state index < -0.39 is 0 Å². The topological polar surface area (TPSA) is 23.6 Å². The van der Waals surface area contributed by atoms with E-state index in [2.05, 4.69) is 11.8 Å². The highest BCUT2D eigenvalue weighted by atomic mass is 16.2. The second kappa shape index (κ2) is 15.9. The van der Waals surface area contributed by atoms with Gasteiger partial charge in [-0.25, -0.2) is 0 Å². The molecule has 0 bridgehead atoms. The SMILES string of the molecule is CC.CC.CCN(C)CCN(C)C(C)=O. The Morgan fingerprint density at radius 1 is 1.00 bits per heavy atom. The molecule has 0 aliphatic carbocycles. The predicted molar refractivity (Wildman–Crippen MR) is 69.2 cm³/mol. The molecule has 94 valence electrons. The molecular weight excluding hydrogens is 188 g/mol. The van der Waals surface area contributed by atoms with E-state index in [0.717, 1.165) is 19.6 Å². The summed E-state index contributed by atoms with van der Waals surface area (Å²) in [6.45, 7) is 14.5. The number of carbonyl (C=O) groups is 1. The first kappa shape index (κ1) is 19.9. The Balaban J connectivity index is -0.000000318. The van der Waals surface area contributed by atoms with Crippen molar-refractivity contribution in [3.63, 3.8) is 0 Å². The fraction of sp³-hybridized carbons (Fsp3) is 0.917. The van der Waals surface area contributed by atoms with E-state index in [9.17, 15) is 4.79 Å². The van der Waals surface area contributed by atoms with Crippen LogP contribution in [0.5, 0.6) is 0 Å². The van der Waals surface area contributed by atoms with Crippen LogP contribution in [0, 0.1) is 0 Å². The van der Waals surface area contributed by atoms with Crippen molar-refractivity contribution >= 4 is 5.91 Å². The maximum absolute atomic E-state index is 10.8. The first-order chi connectivity index (χ1) is 7.07. The molecule has 0 saturated heterocycles.